The first kappa shape index (κ1) is 20.7. The summed E-state index contributed by atoms with van der Waals surface area (Å²) in [6, 6.07) is 22.7. The smallest absolute Gasteiger partial charge is 0.317 e. The number of carbonyl (C=O) groups is 3. The standard InChI is InChI=1S/C28H25N3O3/c32-26-24-19-13-14-20(16-19)25(24)27(33)31(26)23(15-17-7-2-1-3-8-17)30-28(34)29-22-12-6-10-18-9-4-5-11-21(18)22/h1-14,19-20,23-25H,15-16H2,(H2,29,30,34). The zero-order valence-corrected chi connectivity index (χ0v) is 18.6. The van der Waals surface area contributed by atoms with Gasteiger partial charge in [-0.05, 0) is 35.3 Å². The highest BCUT2D eigenvalue weighted by Gasteiger charge is 2.60. The second-order valence-electron chi connectivity index (χ2n) is 9.38. The Labute approximate surface area is 197 Å². The van der Waals surface area contributed by atoms with Crippen LogP contribution >= 0.6 is 0 Å². The van der Waals surface area contributed by atoms with E-state index < -0.39 is 12.2 Å². The third-order valence-electron chi connectivity index (χ3n) is 7.42. The summed E-state index contributed by atoms with van der Waals surface area (Å²) in [4.78, 5) is 41.3. The van der Waals surface area contributed by atoms with Gasteiger partial charge in [0.2, 0.25) is 11.8 Å². The molecule has 3 aromatic carbocycles. The Kier molecular flexibility index (Phi) is 4.94. The fourth-order valence-corrected chi connectivity index (χ4v) is 5.92. The van der Waals surface area contributed by atoms with Gasteiger partial charge >= 0.3 is 6.03 Å². The van der Waals surface area contributed by atoms with E-state index in [9.17, 15) is 14.4 Å². The van der Waals surface area contributed by atoms with E-state index in [0.717, 1.165) is 22.8 Å². The maximum atomic E-state index is 13.4. The summed E-state index contributed by atoms with van der Waals surface area (Å²) in [5, 5.41) is 7.79. The first-order valence-electron chi connectivity index (χ1n) is 11.7. The number of fused-ring (bicyclic) bond motifs is 6. The van der Waals surface area contributed by atoms with Crippen molar-refractivity contribution in [2.45, 2.75) is 19.0 Å². The van der Waals surface area contributed by atoms with Crippen LogP contribution in [0, 0.1) is 23.7 Å². The molecule has 2 bridgehead atoms. The molecule has 1 saturated carbocycles. The molecule has 0 spiro atoms. The van der Waals surface area contributed by atoms with Gasteiger partial charge in [0, 0.05) is 11.8 Å². The number of allylic oxidation sites excluding steroid dienone is 2. The lowest BCUT2D eigenvalue weighted by Crippen LogP contribution is -2.53. The summed E-state index contributed by atoms with van der Waals surface area (Å²) in [5.74, 6) is -0.694. The van der Waals surface area contributed by atoms with Crippen molar-refractivity contribution in [3.05, 3.63) is 90.5 Å². The van der Waals surface area contributed by atoms with Crippen LogP contribution in [0.1, 0.15) is 12.0 Å². The number of imide groups is 1. The minimum atomic E-state index is -0.762. The molecule has 6 rings (SSSR count). The summed E-state index contributed by atoms with van der Waals surface area (Å²) < 4.78 is 0. The molecule has 5 unspecified atom stereocenters. The van der Waals surface area contributed by atoms with E-state index >= 15 is 0 Å². The first-order valence-corrected chi connectivity index (χ1v) is 11.7. The van der Waals surface area contributed by atoms with Crippen molar-refractivity contribution in [1.82, 2.24) is 10.2 Å². The molecule has 2 N–H and O–H groups in total. The number of benzene rings is 3. The molecular formula is C28H25N3O3. The largest absolute Gasteiger partial charge is 0.320 e. The lowest BCUT2D eigenvalue weighted by atomic mass is 9.85. The second-order valence-corrected chi connectivity index (χ2v) is 9.38. The molecule has 1 aliphatic heterocycles. The highest BCUT2D eigenvalue weighted by atomic mass is 16.2. The van der Waals surface area contributed by atoms with E-state index in [0.29, 0.717) is 12.1 Å². The average Bonchev–Trinajstić information content (AvgIpc) is 3.53. The third-order valence-corrected chi connectivity index (χ3v) is 7.42. The van der Waals surface area contributed by atoms with Crippen molar-refractivity contribution in [3.8, 4) is 0 Å². The number of nitrogens with zero attached hydrogens (tertiary/aromatic N) is 1. The Balaban J connectivity index is 1.27. The van der Waals surface area contributed by atoms with Crippen molar-refractivity contribution < 1.29 is 14.4 Å². The topological polar surface area (TPSA) is 78.5 Å². The third kappa shape index (κ3) is 3.37. The number of rotatable bonds is 5. The van der Waals surface area contributed by atoms with E-state index in [1.54, 1.807) is 0 Å². The van der Waals surface area contributed by atoms with E-state index in [1.807, 2.05) is 72.8 Å². The number of urea groups is 1. The number of amides is 4. The zero-order chi connectivity index (χ0) is 23.2. The van der Waals surface area contributed by atoms with Crippen molar-refractivity contribution in [2.24, 2.45) is 23.7 Å². The molecule has 0 radical (unpaired) electrons. The highest BCUT2D eigenvalue weighted by Crippen LogP contribution is 2.52. The normalized spacial score (nSPS) is 25.6. The van der Waals surface area contributed by atoms with Gasteiger partial charge in [-0.3, -0.25) is 14.5 Å². The highest BCUT2D eigenvalue weighted by molar-refractivity contribution is 6.07. The molecule has 1 heterocycles. The zero-order valence-electron chi connectivity index (χ0n) is 18.6. The van der Waals surface area contributed by atoms with Gasteiger partial charge in [0.1, 0.15) is 6.17 Å². The van der Waals surface area contributed by atoms with Crippen LogP contribution in [0.3, 0.4) is 0 Å². The summed E-state index contributed by atoms with van der Waals surface area (Å²) in [6.45, 7) is 0. The predicted octanol–water partition coefficient (Wildman–Crippen LogP) is 4.34. The van der Waals surface area contributed by atoms with E-state index in [2.05, 4.69) is 22.8 Å². The molecule has 2 aliphatic carbocycles. The first-order chi connectivity index (χ1) is 16.6. The van der Waals surface area contributed by atoms with Crippen molar-refractivity contribution in [2.75, 3.05) is 5.32 Å². The molecule has 1 saturated heterocycles. The Morgan fingerprint density at radius 1 is 0.853 bits per heavy atom. The van der Waals surface area contributed by atoms with Crippen molar-refractivity contribution in [3.63, 3.8) is 0 Å². The fourth-order valence-electron chi connectivity index (χ4n) is 5.92. The van der Waals surface area contributed by atoms with Crippen LogP contribution in [0.25, 0.3) is 10.8 Å². The SMILES string of the molecule is O=C(Nc1cccc2ccccc12)NC(Cc1ccccc1)N1C(=O)C2C3C=CC(C3)C2C1=O. The lowest BCUT2D eigenvalue weighted by molar-refractivity contribution is -0.143. The maximum Gasteiger partial charge on any atom is 0.320 e. The predicted molar refractivity (Wildman–Crippen MR) is 130 cm³/mol. The van der Waals surface area contributed by atoms with Gasteiger partial charge in [-0.1, -0.05) is 78.9 Å². The molecule has 5 atom stereocenters. The monoisotopic (exact) mass is 451 g/mol. The maximum absolute atomic E-state index is 13.4. The van der Waals surface area contributed by atoms with Crippen LogP contribution in [-0.4, -0.2) is 28.9 Å². The van der Waals surface area contributed by atoms with Crippen molar-refractivity contribution in [1.29, 1.82) is 0 Å². The lowest BCUT2D eigenvalue weighted by Gasteiger charge is -2.29. The Bertz CT molecular complexity index is 1280. The van der Waals surface area contributed by atoms with Crippen LogP contribution < -0.4 is 10.6 Å². The van der Waals surface area contributed by atoms with Gasteiger partial charge < -0.3 is 10.6 Å². The summed E-state index contributed by atoms with van der Waals surface area (Å²) in [6.07, 6.45) is 4.62. The number of nitrogens with one attached hydrogen (secondary N) is 2. The van der Waals surface area contributed by atoms with E-state index in [-0.39, 0.29) is 35.5 Å². The number of carbonyl (C=O) groups excluding carboxylic acids is 3. The average molecular weight is 452 g/mol. The summed E-state index contributed by atoms with van der Waals surface area (Å²) >= 11 is 0. The quantitative estimate of drug-likeness (QED) is 0.448. The number of anilines is 1. The Hall–Kier alpha value is -3.93. The second kappa shape index (κ2) is 8.13. The Morgan fingerprint density at radius 3 is 2.24 bits per heavy atom. The number of hydrogen-bond acceptors (Lipinski definition) is 3. The molecule has 3 aromatic rings. The number of hydrogen-bond donors (Lipinski definition) is 2. The van der Waals surface area contributed by atoms with Crippen LogP contribution in [0.5, 0.6) is 0 Å². The molecule has 2 fully saturated rings. The molecule has 34 heavy (non-hydrogen) atoms. The molecular weight excluding hydrogens is 426 g/mol. The fraction of sp³-hybridized carbons (Fsp3) is 0.250. The van der Waals surface area contributed by atoms with E-state index in [1.165, 1.54) is 4.90 Å². The number of likely N-dealkylation sites (tertiary alicyclic amines) is 1. The van der Waals surface area contributed by atoms with Gasteiger partial charge in [-0.15, -0.1) is 0 Å². The van der Waals surface area contributed by atoms with Gasteiger partial charge in [0.05, 0.1) is 17.5 Å². The molecule has 170 valence electrons. The minimum absolute atomic E-state index is 0.123. The van der Waals surface area contributed by atoms with Crippen LogP contribution in [0.2, 0.25) is 0 Å². The molecule has 3 aliphatic rings. The van der Waals surface area contributed by atoms with Gasteiger partial charge in [-0.25, -0.2) is 4.79 Å². The molecule has 6 heteroatoms. The molecule has 0 aromatic heterocycles. The van der Waals surface area contributed by atoms with Crippen LogP contribution in [0.4, 0.5) is 10.5 Å². The summed E-state index contributed by atoms with van der Waals surface area (Å²) in [7, 11) is 0. The van der Waals surface area contributed by atoms with Gasteiger partial charge in [0.15, 0.2) is 0 Å². The summed E-state index contributed by atoms with van der Waals surface area (Å²) in [5.41, 5.74) is 1.61. The van der Waals surface area contributed by atoms with Crippen LogP contribution in [-0.2, 0) is 16.0 Å². The van der Waals surface area contributed by atoms with Gasteiger partial charge in [0.25, 0.3) is 0 Å². The van der Waals surface area contributed by atoms with E-state index in [4.69, 9.17) is 0 Å². The van der Waals surface area contributed by atoms with Crippen LogP contribution in [0.15, 0.2) is 84.9 Å². The molecule has 4 amide bonds. The minimum Gasteiger partial charge on any atom is -0.317 e. The Morgan fingerprint density at radius 2 is 1.50 bits per heavy atom. The molecule has 6 nitrogen and oxygen atoms in total. The van der Waals surface area contributed by atoms with Crippen molar-refractivity contribution >= 4 is 34.3 Å². The van der Waals surface area contributed by atoms with Gasteiger partial charge in [-0.2, -0.15) is 0 Å².